The Hall–Kier alpha value is -4.16. The molecule has 11 nitrogen and oxygen atoms in total. The van der Waals surface area contributed by atoms with Crippen LogP contribution in [0.3, 0.4) is 0 Å². The van der Waals surface area contributed by atoms with Gasteiger partial charge in [-0.1, -0.05) is 17.3 Å². The maximum atomic E-state index is 13.1. The molecule has 2 atom stereocenters. The van der Waals surface area contributed by atoms with Gasteiger partial charge < -0.3 is 18.8 Å². The van der Waals surface area contributed by atoms with Crippen molar-refractivity contribution in [3.8, 4) is 17.2 Å². The Labute approximate surface area is 237 Å². The Morgan fingerprint density at radius 1 is 1.12 bits per heavy atom. The van der Waals surface area contributed by atoms with Crippen molar-refractivity contribution in [3.05, 3.63) is 76.3 Å². The fraction of sp³-hybridized carbons (Fsp3) is 0.345. The molecule has 0 saturated carbocycles. The smallest absolute Gasteiger partial charge is 0.385 e. The van der Waals surface area contributed by atoms with E-state index < -0.39 is 22.2 Å². The van der Waals surface area contributed by atoms with E-state index in [-0.39, 0.29) is 25.3 Å². The van der Waals surface area contributed by atoms with Gasteiger partial charge in [-0.3, -0.25) is 4.79 Å². The molecule has 1 aromatic heterocycles. The van der Waals surface area contributed by atoms with Crippen molar-refractivity contribution in [2.45, 2.75) is 51.7 Å². The van der Waals surface area contributed by atoms with Crippen LogP contribution in [-0.2, 0) is 34.7 Å². The predicted molar refractivity (Wildman–Crippen MR) is 149 cm³/mol. The molecular formula is C29H30N4O7S. The van der Waals surface area contributed by atoms with Gasteiger partial charge in [-0.15, -0.1) is 5.10 Å². The Bertz CT molecular complexity index is 1750. The summed E-state index contributed by atoms with van der Waals surface area (Å²) in [4.78, 5) is 12.1. The van der Waals surface area contributed by atoms with E-state index in [9.17, 15) is 18.3 Å². The number of benzene rings is 3. The summed E-state index contributed by atoms with van der Waals surface area (Å²) in [5.74, 6) is -0.0892. The summed E-state index contributed by atoms with van der Waals surface area (Å²) in [6.45, 7) is 3.17. The van der Waals surface area contributed by atoms with Gasteiger partial charge in [0.05, 0.1) is 25.7 Å². The summed E-state index contributed by atoms with van der Waals surface area (Å²) in [6.07, 6.45) is 1.42. The van der Waals surface area contributed by atoms with Gasteiger partial charge in [-0.2, -0.15) is 12.7 Å². The summed E-state index contributed by atoms with van der Waals surface area (Å²) in [5, 5.41) is 18.7. The summed E-state index contributed by atoms with van der Waals surface area (Å²) < 4.78 is 46.2. The van der Waals surface area contributed by atoms with Gasteiger partial charge in [0.2, 0.25) is 0 Å². The fourth-order valence-corrected chi connectivity index (χ4v) is 6.68. The third-order valence-electron chi connectivity index (χ3n) is 7.65. The highest BCUT2D eigenvalue weighted by Crippen LogP contribution is 2.37. The molecule has 0 amide bonds. The zero-order chi connectivity index (χ0) is 28.7. The maximum absolute atomic E-state index is 13.1. The van der Waals surface area contributed by atoms with Gasteiger partial charge in [0.25, 0.3) is 0 Å². The Balaban J connectivity index is 1.49. The largest absolute Gasteiger partial charge is 0.497 e. The number of aryl methyl sites for hydroxylation is 2. The first kappa shape index (κ1) is 27.0. The van der Waals surface area contributed by atoms with Crippen LogP contribution in [0, 0.1) is 6.92 Å². The van der Waals surface area contributed by atoms with E-state index in [1.807, 2.05) is 29.8 Å². The molecule has 4 heterocycles. The second kappa shape index (κ2) is 10.7. The first-order valence-corrected chi connectivity index (χ1v) is 14.8. The van der Waals surface area contributed by atoms with Crippen LogP contribution in [0.1, 0.15) is 53.0 Å². The molecule has 4 aromatic rings. The molecule has 214 valence electrons. The lowest BCUT2D eigenvalue weighted by Crippen LogP contribution is -2.37. The number of aromatic nitrogens is 3. The van der Waals surface area contributed by atoms with E-state index in [2.05, 4.69) is 10.3 Å². The van der Waals surface area contributed by atoms with E-state index in [1.165, 1.54) is 11.4 Å². The minimum atomic E-state index is -4.07. The second-order valence-corrected chi connectivity index (χ2v) is 11.9. The minimum absolute atomic E-state index is 0.00317. The Morgan fingerprint density at radius 3 is 2.78 bits per heavy atom. The Morgan fingerprint density at radius 2 is 1.98 bits per heavy atom. The van der Waals surface area contributed by atoms with Crippen LogP contribution >= 0.6 is 0 Å². The van der Waals surface area contributed by atoms with Gasteiger partial charge in [-0.05, 0) is 78.4 Å². The molecule has 3 aliphatic rings. The molecule has 2 unspecified atom stereocenters. The quantitative estimate of drug-likeness (QED) is 0.380. The number of carboxylic acids is 1. The van der Waals surface area contributed by atoms with Crippen molar-refractivity contribution in [3.63, 3.8) is 0 Å². The molecule has 0 radical (unpaired) electrons. The first-order chi connectivity index (χ1) is 19.7. The molecular weight excluding hydrogens is 548 g/mol. The molecule has 12 heteroatoms. The zero-order valence-corrected chi connectivity index (χ0v) is 23.6. The number of hydrogen-bond acceptors (Lipinski definition) is 8. The van der Waals surface area contributed by atoms with Crippen molar-refractivity contribution in [2.24, 2.45) is 0 Å². The number of hydrogen-bond donors (Lipinski definition) is 1. The number of ether oxygens (including phenoxy) is 2. The summed E-state index contributed by atoms with van der Waals surface area (Å²) >= 11 is 0. The molecule has 0 aliphatic carbocycles. The second-order valence-electron chi connectivity index (χ2n) is 10.4. The lowest BCUT2D eigenvalue weighted by Gasteiger charge is -2.28. The molecule has 9 bridgehead atoms. The number of carbonyl (C=O) groups is 1. The number of carboxylic acid groups (broad SMARTS) is 1. The van der Waals surface area contributed by atoms with E-state index in [0.29, 0.717) is 41.3 Å². The van der Waals surface area contributed by atoms with E-state index in [4.69, 9.17) is 13.7 Å². The fourth-order valence-electron chi connectivity index (χ4n) is 5.58. The third kappa shape index (κ3) is 5.32. The maximum Gasteiger partial charge on any atom is 0.385 e. The molecule has 41 heavy (non-hydrogen) atoms. The first-order valence-electron chi connectivity index (χ1n) is 13.4. The number of fused-ring (bicyclic) bond motifs is 5. The van der Waals surface area contributed by atoms with Gasteiger partial charge in [0.15, 0.2) is 0 Å². The average Bonchev–Trinajstić information content (AvgIpc) is 3.35. The molecule has 3 aliphatic heterocycles. The lowest BCUT2D eigenvalue weighted by molar-refractivity contribution is -0.137. The predicted octanol–water partition coefficient (Wildman–Crippen LogP) is 4.17. The van der Waals surface area contributed by atoms with Crippen molar-refractivity contribution in [1.29, 1.82) is 0 Å². The molecule has 7 rings (SSSR count). The number of nitrogens with zero attached hydrogens (tertiary/aromatic N) is 4. The number of methoxy groups -OCH3 is 1. The third-order valence-corrected chi connectivity index (χ3v) is 8.93. The SMILES string of the molecule is COc1cc2cc(c1)C(CC(=O)O)c1ccc3c(nnn3CCCCOc3ccc4c(c3)CN(C2)S(=O)(=O)O4)c1C. The van der Waals surface area contributed by atoms with Crippen LogP contribution in [0.15, 0.2) is 48.5 Å². The van der Waals surface area contributed by atoms with Crippen molar-refractivity contribution >= 4 is 27.3 Å². The van der Waals surface area contributed by atoms with E-state index >= 15 is 0 Å². The van der Waals surface area contributed by atoms with Crippen molar-refractivity contribution < 1.29 is 32.0 Å². The number of rotatable bonds is 3. The van der Waals surface area contributed by atoms with Crippen LogP contribution in [-0.4, -0.2) is 52.5 Å². The monoisotopic (exact) mass is 578 g/mol. The molecule has 3 aromatic carbocycles. The highest BCUT2D eigenvalue weighted by atomic mass is 32.2. The summed E-state index contributed by atoms with van der Waals surface area (Å²) in [7, 11) is -2.55. The van der Waals surface area contributed by atoms with Gasteiger partial charge in [0.1, 0.15) is 22.8 Å². The Kier molecular flexibility index (Phi) is 7.04. The van der Waals surface area contributed by atoms with Crippen LogP contribution in [0.5, 0.6) is 17.2 Å². The molecule has 0 saturated heterocycles. The van der Waals surface area contributed by atoms with Gasteiger partial charge in [-0.25, -0.2) is 4.68 Å². The molecule has 0 spiro atoms. The average molecular weight is 579 g/mol. The molecule has 0 fully saturated rings. The van der Waals surface area contributed by atoms with Crippen LogP contribution in [0.25, 0.3) is 11.0 Å². The minimum Gasteiger partial charge on any atom is -0.497 e. The zero-order valence-electron chi connectivity index (χ0n) is 22.7. The van der Waals surface area contributed by atoms with E-state index in [0.717, 1.165) is 35.0 Å². The van der Waals surface area contributed by atoms with Crippen molar-refractivity contribution in [1.82, 2.24) is 19.3 Å². The standard InChI is InChI=1S/C29H30N4O7S/c1-18-24-6-7-26-29(18)30-31-33(26)9-3-4-10-39-22-5-8-27-21(14-22)17-32(41(36,37)40-27)16-19-11-20(13-23(12-19)38-2)25(24)15-28(34)35/h5-8,11-14,25H,3-4,9-10,15-17H2,1-2H3,(H,34,35). The van der Waals surface area contributed by atoms with E-state index in [1.54, 1.807) is 30.3 Å². The van der Waals surface area contributed by atoms with Gasteiger partial charge in [0, 0.05) is 31.1 Å². The van der Waals surface area contributed by atoms with Crippen molar-refractivity contribution in [2.75, 3.05) is 13.7 Å². The summed E-state index contributed by atoms with van der Waals surface area (Å²) in [5.41, 5.74) is 5.28. The highest BCUT2D eigenvalue weighted by molar-refractivity contribution is 7.84. The normalized spacial score (nSPS) is 20.0. The van der Waals surface area contributed by atoms with Crippen LogP contribution in [0.4, 0.5) is 0 Å². The topological polar surface area (TPSA) is 133 Å². The van der Waals surface area contributed by atoms with Crippen LogP contribution < -0.4 is 13.7 Å². The summed E-state index contributed by atoms with van der Waals surface area (Å²) in [6, 6.07) is 14.4. The lowest BCUT2D eigenvalue weighted by atomic mass is 9.84. The number of aliphatic carboxylic acids is 1. The highest BCUT2D eigenvalue weighted by Gasteiger charge is 2.32. The van der Waals surface area contributed by atoms with Gasteiger partial charge >= 0.3 is 16.3 Å². The van der Waals surface area contributed by atoms with Crippen LogP contribution in [0.2, 0.25) is 0 Å². The molecule has 1 N–H and O–H groups in total.